The van der Waals surface area contributed by atoms with Gasteiger partial charge in [-0.25, -0.2) is 4.79 Å². The minimum Gasteiger partial charge on any atom is -0.477 e. The molecule has 0 bridgehead atoms. The lowest BCUT2D eigenvalue weighted by Gasteiger charge is -2.01. The van der Waals surface area contributed by atoms with Crippen molar-refractivity contribution < 1.29 is 14.3 Å². The summed E-state index contributed by atoms with van der Waals surface area (Å²) in [5.41, 5.74) is 3.30. The second kappa shape index (κ2) is 4.46. The quantitative estimate of drug-likeness (QED) is 0.565. The molecule has 0 aliphatic heterocycles. The molecule has 0 atom stereocenters. The third kappa shape index (κ3) is 1.84. The van der Waals surface area contributed by atoms with Crippen molar-refractivity contribution in [1.29, 1.82) is 0 Å². The first-order valence-electron chi connectivity index (χ1n) is 6.46. The van der Waals surface area contributed by atoms with Gasteiger partial charge in [-0.3, -0.25) is 0 Å². The van der Waals surface area contributed by atoms with Gasteiger partial charge in [0.1, 0.15) is 16.0 Å². The Bertz CT molecular complexity index is 978. The first kappa shape index (κ1) is 12.2. The van der Waals surface area contributed by atoms with Crippen LogP contribution < -0.4 is 0 Å². The molecule has 2 aromatic heterocycles. The number of aromatic carboxylic acids is 1. The fourth-order valence-electron chi connectivity index (χ4n) is 2.60. The van der Waals surface area contributed by atoms with Crippen LogP contribution in [0.25, 0.3) is 33.1 Å². The van der Waals surface area contributed by atoms with Crippen LogP contribution in [-0.2, 0) is 0 Å². The zero-order chi connectivity index (χ0) is 14.4. The molecule has 4 aromatic rings. The van der Waals surface area contributed by atoms with Gasteiger partial charge in [-0.2, -0.15) is 0 Å². The number of thiophene rings is 1. The molecule has 0 fully saturated rings. The van der Waals surface area contributed by atoms with Gasteiger partial charge in [0, 0.05) is 16.3 Å². The fraction of sp³-hybridized carbons (Fsp3) is 0. The third-order valence-corrected chi connectivity index (χ3v) is 4.45. The summed E-state index contributed by atoms with van der Waals surface area (Å²) < 4.78 is 5.79. The van der Waals surface area contributed by atoms with E-state index in [4.69, 9.17) is 4.42 Å². The van der Waals surface area contributed by atoms with Gasteiger partial charge in [-0.15, -0.1) is 11.3 Å². The standard InChI is InChI=1S/C17H10O3S/c18-17(19)16-11(7-8-21-16)10-5-6-15-13(9-10)12-3-1-2-4-14(12)20-15/h1-9H,(H,18,19). The van der Waals surface area contributed by atoms with E-state index >= 15 is 0 Å². The van der Waals surface area contributed by atoms with E-state index in [0.717, 1.165) is 33.1 Å². The van der Waals surface area contributed by atoms with E-state index in [2.05, 4.69) is 0 Å². The number of carbonyl (C=O) groups is 1. The van der Waals surface area contributed by atoms with Gasteiger partial charge in [-0.1, -0.05) is 24.3 Å². The summed E-state index contributed by atoms with van der Waals surface area (Å²) >= 11 is 1.24. The molecular formula is C17H10O3S. The van der Waals surface area contributed by atoms with E-state index in [-0.39, 0.29) is 0 Å². The van der Waals surface area contributed by atoms with Gasteiger partial charge in [0.15, 0.2) is 0 Å². The van der Waals surface area contributed by atoms with Crippen molar-refractivity contribution in [3.8, 4) is 11.1 Å². The Morgan fingerprint density at radius 3 is 2.67 bits per heavy atom. The van der Waals surface area contributed by atoms with Crippen molar-refractivity contribution in [2.75, 3.05) is 0 Å². The SMILES string of the molecule is O=C(O)c1sccc1-c1ccc2oc3ccccc3c2c1. The van der Waals surface area contributed by atoms with Crippen molar-refractivity contribution in [3.63, 3.8) is 0 Å². The van der Waals surface area contributed by atoms with E-state index in [0.29, 0.717) is 4.88 Å². The van der Waals surface area contributed by atoms with Gasteiger partial charge in [0.2, 0.25) is 0 Å². The van der Waals surface area contributed by atoms with Crippen LogP contribution >= 0.6 is 11.3 Å². The number of carboxylic acid groups (broad SMARTS) is 1. The molecule has 0 radical (unpaired) electrons. The molecule has 2 heterocycles. The molecular weight excluding hydrogens is 284 g/mol. The highest BCUT2D eigenvalue weighted by Crippen LogP contribution is 2.34. The largest absolute Gasteiger partial charge is 0.477 e. The van der Waals surface area contributed by atoms with Gasteiger partial charge < -0.3 is 9.52 Å². The molecule has 4 rings (SSSR count). The first-order valence-corrected chi connectivity index (χ1v) is 7.34. The second-order valence-corrected chi connectivity index (χ2v) is 5.69. The number of benzene rings is 2. The van der Waals surface area contributed by atoms with Crippen LogP contribution in [0.15, 0.2) is 58.3 Å². The lowest BCUT2D eigenvalue weighted by Crippen LogP contribution is -1.94. The summed E-state index contributed by atoms with van der Waals surface area (Å²) in [6.45, 7) is 0. The summed E-state index contributed by atoms with van der Waals surface area (Å²) in [5.74, 6) is -0.892. The van der Waals surface area contributed by atoms with E-state index in [1.165, 1.54) is 11.3 Å². The summed E-state index contributed by atoms with van der Waals surface area (Å²) in [6.07, 6.45) is 0. The summed E-state index contributed by atoms with van der Waals surface area (Å²) in [5, 5.41) is 13.1. The highest BCUT2D eigenvalue weighted by Gasteiger charge is 2.15. The minimum atomic E-state index is -0.892. The second-order valence-electron chi connectivity index (χ2n) is 4.78. The maximum absolute atomic E-state index is 11.3. The maximum Gasteiger partial charge on any atom is 0.346 e. The predicted octanol–water partition coefficient (Wildman–Crippen LogP) is 5.01. The summed E-state index contributed by atoms with van der Waals surface area (Å²) in [6, 6.07) is 15.5. The van der Waals surface area contributed by atoms with Crippen LogP contribution in [0, 0.1) is 0 Å². The van der Waals surface area contributed by atoms with Crippen molar-refractivity contribution >= 4 is 39.2 Å². The molecule has 0 saturated carbocycles. The molecule has 0 aliphatic carbocycles. The first-order chi connectivity index (χ1) is 10.2. The topological polar surface area (TPSA) is 50.4 Å². The highest BCUT2D eigenvalue weighted by molar-refractivity contribution is 7.12. The van der Waals surface area contributed by atoms with E-state index < -0.39 is 5.97 Å². The number of fused-ring (bicyclic) bond motifs is 3. The van der Waals surface area contributed by atoms with E-state index in [1.54, 1.807) is 5.38 Å². The lowest BCUT2D eigenvalue weighted by atomic mass is 10.0. The zero-order valence-corrected chi connectivity index (χ0v) is 11.7. The summed E-state index contributed by atoms with van der Waals surface area (Å²) in [7, 11) is 0. The van der Waals surface area contributed by atoms with Crippen molar-refractivity contribution in [3.05, 3.63) is 58.8 Å². The Hall–Kier alpha value is -2.59. The molecule has 1 N–H and O–H groups in total. The Labute approximate surface area is 124 Å². The highest BCUT2D eigenvalue weighted by atomic mass is 32.1. The van der Waals surface area contributed by atoms with Crippen molar-refractivity contribution in [2.24, 2.45) is 0 Å². The van der Waals surface area contributed by atoms with Gasteiger partial charge >= 0.3 is 5.97 Å². The number of carboxylic acids is 1. The van der Waals surface area contributed by atoms with Gasteiger partial charge in [-0.05, 0) is 35.2 Å². The smallest absolute Gasteiger partial charge is 0.346 e. The number of hydrogen-bond acceptors (Lipinski definition) is 3. The fourth-order valence-corrected chi connectivity index (χ4v) is 3.35. The molecule has 0 saturated heterocycles. The van der Waals surface area contributed by atoms with Crippen LogP contribution in [0.3, 0.4) is 0 Å². The van der Waals surface area contributed by atoms with Gasteiger partial charge in [0.05, 0.1) is 0 Å². The molecule has 21 heavy (non-hydrogen) atoms. The van der Waals surface area contributed by atoms with Crippen LogP contribution in [0.2, 0.25) is 0 Å². The maximum atomic E-state index is 11.3. The zero-order valence-electron chi connectivity index (χ0n) is 10.9. The van der Waals surface area contributed by atoms with Gasteiger partial charge in [0.25, 0.3) is 0 Å². The average Bonchev–Trinajstić information content (AvgIpc) is 3.11. The van der Waals surface area contributed by atoms with E-state index in [1.807, 2.05) is 48.5 Å². The monoisotopic (exact) mass is 294 g/mol. The van der Waals surface area contributed by atoms with E-state index in [9.17, 15) is 9.90 Å². The Morgan fingerprint density at radius 1 is 1.00 bits per heavy atom. The number of hydrogen-bond donors (Lipinski definition) is 1. The molecule has 2 aromatic carbocycles. The van der Waals surface area contributed by atoms with Crippen LogP contribution in [0.1, 0.15) is 9.67 Å². The number of rotatable bonds is 2. The predicted molar refractivity (Wildman–Crippen MR) is 84.0 cm³/mol. The molecule has 0 spiro atoms. The van der Waals surface area contributed by atoms with Crippen LogP contribution in [-0.4, -0.2) is 11.1 Å². The van der Waals surface area contributed by atoms with Crippen LogP contribution in [0.5, 0.6) is 0 Å². The molecule has 0 unspecified atom stereocenters. The molecule has 102 valence electrons. The molecule has 0 amide bonds. The lowest BCUT2D eigenvalue weighted by molar-refractivity contribution is 0.0703. The Morgan fingerprint density at radius 2 is 1.81 bits per heavy atom. The average molecular weight is 294 g/mol. The normalized spacial score (nSPS) is 11.2. The third-order valence-electron chi connectivity index (χ3n) is 3.55. The number of furan rings is 1. The molecule has 0 aliphatic rings. The Kier molecular flexibility index (Phi) is 2.59. The minimum absolute atomic E-state index is 0.363. The molecule has 4 heteroatoms. The number of para-hydroxylation sites is 1. The Balaban J connectivity index is 2.00. The van der Waals surface area contributed by atoms with Crippen molar-refractivity contribution in [1.82, 2.24) is 0 Å². The van der Waals surface area contributed by atoms with Crippen LogP contribution in [0.4, 0.5) is 0 Å². The molecule has 3 nitrogen and oxygen atoms in total. The van der Waals surface area contributed by atoms with Crippen molar-refractivity contribution in [2.45, 2.75) is 0 Å². The summed E-state index contributed by atoms with van der Waals surface area (Å²) in [4.78, 5) is 11.6.